The molecule has 34 heavy (non-hydrogen) atoms. The van der Waals surface area contributed by atoms with E-state index in [1.165, 1.54) is 5.56 Å². The molecule has 6 nitrogen and oxygen atoms in total. The number of carbonyl (C=O) groups is 1. The molecule has 5 aromatic rings. The standard InChI is InChI=1S/C28H25N5O/c34-28(25-14-12-23(13-15-25)19-32-17-7-16-30-32)29-18-26-21-33(20-22-8-3-1-4-9-22)31-27(26)24-10-5-2-6-11-24/h1-17,21H,18-20H2,(H,29,34). The topological polar surface area (TPSA) is 64.7 Å². The van der Waals surface area contributed by atoms with Gasteiger partial charge in [-0.2, -0.15) is 10.2 Å². The maximum Gasteiger partial charge on any atom is 0.251 e. The molecule has 0 aliphatic rings. The molecular weight excluding hydrogens is 422 g/mol. The van der Waals surface area contributed by atoms with Crippen molar-refractivity contribution in [3.63, 3.8) is 0 Å². The van der Waals surface area contributed by atoms with Crippen LogP contribution in [-0.2, 0) is 19.6 Å². The van der Waals surface area contributed by atoms with Gasteiger partial charge in [-0.1, -0.05) is 72.8 Å². The second-order valence-electron chi connectivity index (χ2n) is 8.14. The van der Waals surface area contributed by atoms with E-state index < -0.39 is 0 Å². The lowest BCUT2D eigenvalue weighted by atomic mass is 10.1. The number of carbonyl (C=O) groups excluding carboxylic acids is 1. The number of aromatic nitrogens is 4. The van der Waals surface area contributed by atoms with Gasteiger partial charge in [0.25, 0.3) is 5.91 Å². The van der Waals surface area contributed by atoms with Gasteiger partial charge >= 0.3 is 0 Å². The molecule has 0 radical (unpaired) electrons. The minimum absolute atomic E-state index is 0.111. The second-order valence-corrected chi connectivity index (χ2v) is 8.14. The summed E-state index contributed by atoms with van der Waals surface area (Å²) in [7, 11) is 0. The van der Waals surface area contributed by atoms with Gasteiger partial charge in [0.1, 0.15) is 0 Å². The van der Waals surface area contributed by atoms with Crippen molar-refractivity contribution in [2.24, 2.45) is 0 Å². The van der Waals surface area contributed by atoms with Crippen LogP contribution in [0.1, 0.15) is 27.0 Å². The van der Waals surface area contributed by atoms with Gasteiger partial charge < -0.3 is 5.32 Å². The molecule has 1 N–H and O–H groups in total. The van der Waals surface area contributed by atoms with Crippen LogP contribution in [0.5, 0.6) is 0 Å². The Labute approximate surface area is 198 Å². The van der Waals surface area contributed by atoms with E-state index in [4.69, 9.17) is 5.10 Å². The second kappa shape index (κ2) is 10.0. The fourth-order valence-corrected chi connectivity index (χ4v) is 3.90. The van der Waals surface area contributed by atoms with E-state index in [0.29, 0.717) is 25.2 Å². The number of hydrogen-bond donors (Lipinski definition) is 1. The lowest BCUT2D eigenvalue weighted by molar-refractivity contribution is 0.0951. The van der Waals surface area contributed by atoms with Crippen LogP contribution in [0.2, 0.25) is 0 Å². The van der Waals surface area contributed by atoms with Crippen LogP contribution in [0.15, 0.2) is 110 Å². The molecule has 3 aromatic carbocycles. The molecule has 2 aromatic heterocycles. The first-order chi connectivity index (χ1) is 16.7. The summed E-state index contributed by atoms with van der Waals surface area (Å²) in [6, 6.07) is 29.8. The fraction of sp³-hybridized carbons (Fsp3) is 0.107. The Morgan fingerprint density at radius 1 is 0.765 bits per heavy atom. The molecule has 0 bridgehead atoms. The molecule has 0 aliphatic carbocycles. The number of benzene rings is 3. The summed E-state index contributed by atoms with van der Waals surface area (Å²) < 4.78 is 3.79. The fourth-order valence-electron chi connectivity index (χ4n) is 3.90. The Morgan fingerprint density at radius 3 is 2.15 bits per heavy atom. The highest BCUT2D eigenvalue weighted by Crippen LogP contribution is 2.22. The number of amides is 1. The van der Waals surface area contributed by atoms with Crippen molar-refractivity contribution in [3.05, 3.63) is 132 Å². The van der Waals surface area contributed by atoms with Crippen molar-refractivity contribution < 1.29 is 4.79 Å². The zero-order valence-electron chi connectivity index (χ0n) is 18.7. The summed E-state index contributed by atoms with van der Waals surface area (Å²) in [5, 5.41) is 12.1. The van der Waals surface area contributed by atoms with E-state index in [-0.39, 0.29) is 5.91 Å². The summed E-state index contributed by atoms with van der Waals surface area (Å²) in [5.74, 6) is -0.111. The monoisotopic (exact) mass is 447 g/mol. The molecule has 0 saturated heterocycles. The van der Waals surface area contributed by atoms with Gasteiger partial charge in [0.15, 0.2) is 0 Å². The average molecular weight is 448 g/mol. The molecule has 0 unspecified atom stereocenters. The smallest absolute Gasteiger partial charge is 0.251 e. The van der Waals surface area contributed by atoms with Crippen LogP contribution < -0.4 is 5.32 Å². The predicted octanol–water partition coefficient (Wildman–Crippen LogP) is 4.77. The first-order valence-corrected chi connectivity index (χ1v) is 11.2. The lowest BCUT2D eigenvalue weighted by Gasteiger charge is -2.07. The van der Waals surface area contributed by atoms with E-state index >= 15 is 0 Å². The van der Waals surface area contributed by atoms with Crippen LogP contribution >= 0.6 is 0 Å². The molecule has 168 valence electrons. The highest BCUT2D eigenvalue weighted by Gasteiger charge is 2.13. The van der Waals surface area contributed by atoms with E-state index in [9.17, 15) is 4.79 Å². The third kappa shape index (κ3) is 5.13. The normalized spacial score (nSPS) is 10.8. The summed E-state index contributed by atoms with van der Waals surface area (Å²) in [6.07, 6.45) is 5.69. The van der Waals surface area contributed by atoms with Crippen LogP contribution in [0.4, 0.5) is 0 Å². The van der Waals surface area contributed by atoms with E-state index in [2.05, 4.69) is 22.5 Å². The SMILES string of the molecule is O=C(NCc1cn(Cc2ccccc2)nc1-c1ccccc1)c1ccc(Cn2cccn2)cc1. The molecule has 6 heteroatoms. The largest absolute Gasteiger partial charge is 0.348 e. The van der Waals surface area contributed by atoms with Crippen molar-refractivity contribution in [2.45, 2.75) is 19.6 Å². The zero-order chi connectivity index (χ0) is 23.2. The lowest BCUT2D eigenvalue weighted by Crippen LogP contribution is -2.22. The average Bonchev–Trinajstić information content (AvgIpc) is 3.54. The molecule has 1 amide bonds. The van der Waals surface area contributed by atoms with Crippen LogP contribution in [-0.4, -0.2) is 25.5 Å². The highest BCUT2D eigenvalue weighted by atomic mass is 16.1. The molecule has 2 heterocycles. The predicted molar refractivity (Wildman–Crippen MR) is 132 cm³/mol. The van der Waals surface area contributed by atoms with E-state index in [1.54, 1.807) is 6.20 Å². The quantitative estimate of drug-likeness (QED) is 0.373. The van der Waals surface area contributed by atoms with Gasteiger partial charge in [0.05, 0.1) is 18.8 Å². The number of nitrogens with one attached hydrogen (secondary N) is 1. The summed E-state index contributed by atoms with van der Waals surface area (Å²) >= 11 is 0. The first-order valence-electron chi connectivity index (χ1n) is 11.2. The highest BCUT2D eigenvalue weighted by molar-refractivity contribution is 5.94. The molecular formula is C28H25N5O. The van der Waals surface area contributed by atoms with Gasteiger partial charge in [-0.05, 0) is 29.3 Å². The van der Waals surface area contributed by atoms with Gasteiger partial charge in [-0.15, -0.1) is 0 Å². The Morgan fingerprint density at radius 2 is 1.44 bits per heavy atom. The molecule has 5 rings (SSSR count). The van der Waals surface area contributed by atoms with Crippen molar-refractivity contribution in [1.82, 2.24) is 24.9 Å². The van der Waals surface area contributed by atoms with Crippen LogP contribution in [0, 0.1) is 0 Å². The Hall–Kier alpha value is -4.45. The molecule has 0 fully saturated rings. The maximum atomic E-state index is 12.8. The maximum absolute atomic E-state index is 12.8. The van der Waals surface area contributed by atoms with Crippen LogP contribution in [0.25, 0.3) is 11.3 Å². The Kier molecular flexibility index (Phi) is 6.29. The Balaban J connectivity index is 1.30. The summed E-state index contributed by atoms with van der Waals surface area (Å²) in [4.78, 5) is 12.8. The molecule has 0 spiro atoms. The number of nitrogens with zero attached hydrogens (tertiary/aromatic N) is 4. The van der Waals surface area contributed by atoms with Gasteiger partial charge in [0, 0.05) is 41.8 Å². The zero-order valence-corrected chi connectivity index (χ0v) is 18.7. The summed E-state index contributed by atoms with van der Waals surface area (Å²) in [6.45, 7) is 1.75. The first kappa shape index (κ1) is 21.4. The van der Waals surface area contributed by atoms with Crippen molar-refractivity contribution in [3.8, 4) is 11.3 Å². The van der Waals surface area contributed by atoms with E-state index in [1.807, 2.05) is 101 Å². The third-order valence-electron chi connectivity index (χ3n) is 5.63. The van der Waals surface area contributed by atoms with Gasteiger partial charge in [-0.3, -0.25) is 14.2 Å². The molecule has 0 saturated carbocycles. The minimum Gasteiger partial charge on any atom is -0.348 e. The molecule has 0 atom stereocenters. The van der Waals surface area contributed by atoms with Crippen molar-refractivity contribution in [2.75, 3.05) is 0 Å². The van der Waals surface area contributed by atoms with Gasteiger partial charge in [-0.25, -0.2) is 0 Å². The minimum atomic E-state index is -0.111. The Bertz CT molecular complexity index is 1340. The van der Waals surface area contributed by atoms with Crippen LogP contribution in [0.3, 0.4) is 0 Å². The summed E-state index contributed by atoms with van der Waals surface area (Å²) in [5.41, 5.74) is 5.78. The van der Waals surface area contributed by atoms with Gasteiger partial charge in [0.2, 0.25) is 0 Å². The number of hydrogen-bond acceptors (Lipinski definition) is 3. The molecule has 0 aliphatic heterocycles. The third-order valence-corrected chi connectivity index (χ3v) is 5.63. The van der Waals surface area contributed by atoms with Crippen molar-refractivity contribution >= 4 is 5.91 Å². The van der Waals surface area contributed by atoms with Crippen molar-refractivity contribution in [1.29, 1.82) is 0 Å². The number of rotatable bonds is 8. The van der Waals surface area contributed by atoms with E-state index in [0.717, 1.165) is 22.4 Å².